The van der Waals surface area contributed by atoms with Crippen molar-refractivity contribution < 1.29 is 59.2 Å². The van der Waals surface area contributed by atoms with Gasteiger partial charge in [0.1, 0.15) is 11.8 Å². The Labute approximate surface area is 267 Å². The summed E-state index contributed by atoms with van der Waals surface area (Å²) < 4.78 is 0. The standard InChI is InChI=1S/C27H47BN6O12/c1-19(27(44)34-4-2-3-22(34)28(45)46)29-26(43)20(18-35)13-21(36)14-30-5-7-31(15-23(37)38)9-11-33(17-25(41)42)12-10-32(8-6-30)16-24(39)40/h19-20,22,35,45-46H,2-18H2,1H3,(H,29,43)(H,37,38)(H,39,40)(H,41,42)/t19-,20+,22+/m1/s1. The number of rotatable bonds is 15. The molecule has 260 valence electrons. The Kier molecular flexibility index (Phi) is 16.5. The van der Waals surface area contributed by atoms with Crippen LogP contribution in [0.3, 0.4) is 0 Å². The Hall–Kier alpha value is -3.20. The SMILES string of the molecule is C[C@@H](NC(=O)[C@H](CO)CC(=O)CN1CCN(CC(=O)O)CCN(CC(=O)O)CCN(CC(=O)O)CC1)C(=O)N1CCC[C@H]1B(O)O. The average Bonchev–Trinajstić information content (AvgIpc) is 3.46. The minimum absolute atomic E-state index is 0.172. The van der Waals surface area contributed by atoms with Crippen LogP contribution in [-0.2, 0) is 28.8 Å². The lowest BCUT2D eigenvalue weighted by Crippen LogP contribution is -2.53. The predicted molar refractivity (Wildman–Crippen MR) is 161 cm³/mol. The van der Waals surface area contributed by atoms with Crippen LogP contribution in [-0.4, -0.2) is 201 Å². The van der Waals surface area contributed by atoms with Gasteiger partial charge in [0, 0.05) is 65.3 Å². The van der Waals surface area contributed by atoms with Crippen molar-refractivity contribution in [3.05, 3.63) is 0 Å². The molecule has 2 heterocycles. The highest BCUT2D eigenvalue weighted by atomic mass is 16.4. The lowest BCUT2D eigenvalue weighted by molar-refractivity contribution is -0.140. The summed E-state index contributed by atoms with van der Waals surface area (Å²) in [5, 5.41) is 59.5. The highest BCUT2D eigenvalue weighted by Gasteiger charge is 2.39. The van der Waals surface area contributed by atoms with Gasteiger partial charge in [-0.25, -0.2) is 0 Å². The maximum atomic E-state index is 13.1. The van der Waals surface area contributed by atoms with Crippen LogP contribution in [0.1, 0.15) is 26.2 Å². The molecule has 46 heavy (non-hydrogen) atoms. The molecule has 2 fully saturated rings. The smallest absolute Gasteiger partial charge is 0.475 e. The maximum absolute atomic E-state index is 13.1. The lowest BCUT2D eigenvalue weighted by atomic mass is 9.78. The summed E-state index contributed by atoms with van der Waals surface area (Å²) in [6.07, 6.45) is 0.618. The van der Waals surface area contributed by atoms with Gasteiger partial charge in [0.05, 0.1) is 44.6 Å². The molecular formula is C27H47BN6O12. The Morgan fingerprint density at radius 2 is 1.13 bits per heavy atom. The number of hydrogen-bond acceptors (Lipinski definition) is 13. The molecule has 19 heteroatoms. The second-order valence-corrected chi connectivity index (χ2v) is 11.8. The van der Waals surface area contributed by atoms with Gasteiger partial charge >= 0.3 is 25.0 Å². The Morgan fingerprint density at radius 1 is 0.717 bits per heavy atom. The maximum Gasteiger partial charge on any atom is 0.475 e. The average molecular weight is 659 g/mol. The second-order valence-electron chi connectivity index (χ2n) is 11.8. The number of aliphatic hydroxyl groups excluding tert-OH is 1. The Bertz CT molecular complexity index is 1040. The lowest BCUT2D eigenvalue weighted by Gasteiger charge is -2.33. The molecule has 0 bridgehead atoms. The molecule has 2 amide bonds. The van der Waals surface area contributed by atoms with Crippen LogP contribution < -0.4 is 5.32 Å². The van der Waals surface area contributed by atoms with Gasteiger partial charge in [0.2, 0.25) is 11.8 Å². The van der Waals surface area contributed by atoms with E-state index in [1.165, 1.54) is 11.8 Å². The summed E-state index contributed by atoms with van der Waals surface area (Å²) in [5.74, 6) is -6.83. The number of hydrogen-bond donors (Lipinski definition) is 7. The van der Waals surface area contributed by atoms with E-state index >= 15 is 0 Å². The van der Waals surface area contributed by atoms with E-state index in [1.54, 1.807) is 19.6 Å². The van der Waals surface area contributed by atoms with E-state index in [9.17, 15) is 59.2 Å². The molecule has 2 aliphatic heterocycles. The number of carboxylic acids is 3. The normalized spacial score (nSPS) is 21.0. The number of likely N-dealkylation sites (tertiary alicyclic amines) is 1. The summed E-state index contributed by atoms with van der Waals surface area (Å²) in [6.45, 7) is 1.72. The van der Waals surface area contributed by atoms with Gasteiger partial charge in [-0.05, 0) is 19.8 Å². The third-order valence-corrected chi connectivity index (χ3v) is 8.13. The highest BCUT2D eigenvalue weighted by Crippen LogP contribution is 2.19. The molecule has 0 aromatic rings. The van der Waals surface area contributed by atoms with Gasteiger partial charge in [-0.3, -0.25) is 48.4 Å². The molecule has 2 aliphatic rings. The van der Waals surface area contributed by atoms with Crippen LogP contribution in [0.5, 0.6) is 0 Å². The number of ketones is 1. The number of nitrogens with zero attached hydrogens (tertiary/aromatic N) is 5. The zero-order chi connectivity index (χ0) is 34.4. The summed E-state index contributed by atoms with van der Waals surface area (Å²) >= 11 is 0. The van der Waals surface area contributed by atoms with Crippen molar-refractivity contribution in [3.8, 4) is 0 Å². The molecule has 0 aliphatic carbocycles. The number of amides is 2. The fourth-order valence-electron chi connectivity index (χ4n) is 5.63. The number of aliphatic hydroxyl groups is 1. The van der Waals surface area contributed by atoms with E-state index in [1.807, 2.05) is 0 Å². The van der Waals surface area contributed by atoms with E-state index in [4.69, 9.17) is 0 Å². The second kappa shape index (κ2) is 19.5. The quantitative estimate of drug-likeness (QED) is 0.0820. The van der Waals surface area contributed by atoms with Crippen molar-refractivity contribution in [2.24, 2.45) is 5.92 Å². The van der Waals surface area contributed by atoms with Gasteiger partial charge in [0.25, 0.3) is 0 Å². The first-order chi connectivity index (χ1) is 21.7. The molecule has 0 spiro atoms. The van der Waals surface area contributed by atoms with E-state index in [-0.39, 0.29) is 85.0 Å². The number of carbonyl (C=O) groups is 6. The van der Waals surface area contributed by atoms with Crippen molar-refractivity contribution in [1.29, 1.82) is 0 Å². The van der Waals surface area contributed by atoms with Crippen molar-refractivity contribution in [2.75, 3.05) is 91.7 Å². The number of nitrogens with one attached hydrogen (secondary N) is 1. The number of carboxylic acid groups (broad SMARTS) is 3. The third-order valence-electron chi connectivity index (χ3n) is 8.13. The van der Waals surface area contributed by atoms with Crippen molar-refractivity contribution >= 4 is 42.6 Å². The van der Waals surface area contributed by atoms with Crippen molar-refractivity contribution in [1.82, 2.24) is 29.8 Å². The van der Waals surface area contributed by atoms with Crippen LogP contribution in [0.25, 0.3) is 0 Å². The van der Waals surface area contributed by atoms with Gasteiger partial charge in [-0.2, -0.15) is 0 Å². The van der Waals surface area contributed by atoms with Crippen LogP contribution in [0.2, 0.25) is 0 Å². The number of carbonyl (C=O) groups excluding carboxylic acids is 3. The van der Waals surface area contributed by atoms with Gasteiger partial charge in [0.15, 0.2) is 0 Å². The van der Waals surface area contributed by atoms with Gasteiger partial charge in [-0.1, -0.05) is 0 Å². The summed E-state index contributed by atoms with van der Waals surface area (Å²) in [7, 11) is -1.72. The van der Waals surface area contributed by atoms with Crippen molar-refractivity contribution in [3.63, 3.8) is 0 Å². The molecule has 0 saturated carbocycles. The monoisotopic (exact) mass is 658 g/mol. The van der Waals surface area contributed by atoms with Crippen LogP contribution in [0.15, 0.2) is 0 Å². The fraction of sp³-hybridized carbons (Fsp3) is 0.778. The minimum Gasteiger partial charge on any atom is -0.480 e. The molecule has 0 aromatic carbocycles. The first-order valence-electron chi connectivity index (χ1n) is 15.3. The zero-order valence-corrected chi connectivity index (χ0v) is 26.2. The third kappa shape index (κ3) is 13.7. The summed E-state index contributed by atoms with van der Waals surface area (Å²) in [5.41, 5.74) is 0. The molecular weight excluding hydrogens is 611 g/mol. The largest absolute Gasteiger partial charge is 0.480 e. The number of aliphatic carboxylic acids is 3. The Balaban J connectivity index is 2.07. The van der Waals surface area contributed by atoms with Crippen LogP contribution in [0.4, 0.5) is 0 Å². The predicted octanol–water partition coefficient (Wildman–Crippen LogP) is -4.46. The van der Waals surface area contributed by atoms with E-state index in [2.05, 4.69) is 5.32 Å². The molecule has 18 nitrogen and oxygen atoms in total. The fourth-order valence-corrected chi connectivity index (χ4v) is 5.63. The molecule has 0 radical (unpaired) electrons. The molecule has 0 aromatic heterocycles. The van der Waals surface area contributed by atoms with E-state index < -0.39 is 67.1 Å². The van der Waals surface area contributed by atoms with E-state index in [0.29, 0.717) is 19.4 Å². The molecule has 3 atom stereocenters. The first-order valence-corrected chi connectivity index (χ1v) is 15.3. The summed E-state index contributed by atoms with van der Waals surface area (Å²) in [4.78, 5) is 81.0. The molecule has 7 N–H and O–H groups in total. The molecule has 2 rings (SSSR count). The topological polar surface area (TPSA) is 252 Å². The van der Waals surface area contributed by atoms with Crippen molar-refractivity contribution in [2.45, 2.75) is 38.2 Å². The first kappa shape index (κ1) is 39.0. The Morgan fingerprint density at radius 3 is 1.50 bits per heavy atom. The van der Waals surface area contributed by atoms with Gasteiger partial charge < -0.3 is 40.7 Å². The molecule has 2 saturated heterocycles. The highest BCUT2D eigenvalue weighted by molar-refractivity contribution is 6.43. The number of Topliss-reactive ketones (excluding diaryl/α,β-unsaturated/α-hetero) is 1. The summed E-state index contributed by atoms with van der Waals surface area (Å²) in [6, 6.07) is -1.04. The van der Waals surface area contributed by atoms with Gasteiger partial charge in [-0.15, -0.1) is 0 Å². The zero-order valence-electron chi connectivity index (χ0n) is 26.2. The molecule has 0 unspecified atom stereocenters. The minimum atomic E-state index is -1.72. The van der Waals surface area contributed by atoms with Crippen LogP contribution in [0, 0.1) is 5.92 Å². The van der Waals surface area contributed by atoms with E-state index in [0.717, 1.165) is 0 Å². The van der Waals surface area contributed by atoms with Crippen LogP contribution >= 0.6 is 0 Å².